The Balaban J connectivity index is 1.36. The van der Waals surface area contributed by atoms with Gasteiger partial charge in [-0.3, -0.25) is 4.79 Å². The lowest BCUT2D eigenvalue weighted by atomic mass is 9.46. The minimum atomic E-state index is -0.523. The van der Waals surface area contributed by atoms with E-state index in [0.717, 1.165) is 38.5 Å². The van der Waals surface area contributed by atoms with Gasteiger partial charge in [0.15, 0.2) is 11.6 Å². The first-order valence-electron chi connectivity index (χ1n) is 13.1. The molecule has 5 fully saturated rings. The molecule has 2 aliphatic heterocycles. The van der Waals surface area contributed by atoms with E-state index in [1.54, 1.807) is 6.92 Å². The smallest absolute Gasteiger partial charge is 0.302 e. The van der Waals surface area contributed by atoms with E-state index in [-0.39, 0.29) is 22.9 Å². The van der Waals surface area contributed by atoms with Gasteiger partial charge in [0.2, 0.25) is 0 Å². The molecule has 3 saturated carbocycles. The quantitative estimate of drug-likeness (QED) is 0.443. The molecule has 0 aromatic heterocycles. The summed E-state index contributed by atoms with van der Waals surface area (Å²) in [4.78, 5) is 12.3. The lowest BCUT2D eigenvalue weighted by Gasteiger charge is -2.61. The summed E-state index contributed by atoms with van der Waals surface area (Å²) in [6, 6.07) is 0. The van der Waals surface area contributed by atoms with Crippen molar-refractivity contribution in [1.29, 1.82) is 0 Å². The molecule has 2 saturated heterocycles. The monoisotopic (exact) mass is 460 g/mol. The lowest BCUT2D eigenvalue weighted by molar-refractivity contribution is -0.231. The highest BCUT2D eigenvalue weighted by Gasteiger charge is 2.66. The highest BCUT2D eigenvalue weighted by molar-refractivity contribution is 5.66. The van der Waals surface area contributed by atoms with Gasteiger partial charge in [-0.15, -0.1) is 0 Å². The van der Waals surface area contributed by atoms with E-state index in [1.807, 2.05) is 0 Å². The van der Waals surface area contributed by atoms with E-state index in [9.17, 15) is 4.79 Å². The van der Waals surface area contributed by atoms with Crippen molar-refractivity contribution in [3.8, 4) is 0 Å². The fraction of sp³-hybridized carbons (Fsp3) is 0.889. The number of rotatable bonds is 2. The average molecular weight is 461 g/mol. The number of hydrogen-bond donors (Lipinski definition) is 0. The summed E-state index contributed by atoms with van der Waals surface area (Å²) in [5, 5.41) is 0. The van der Waals surface area contributed by atoms with Gasteiger partial charge in [-0.05, 0) is 61.7 Å². The van der Waals surface area contributed by atoms with Crippen LogP contribution in [0.15, 0.2) is 11.6 Å². The fourth-order valence-corrected chi connectivity index (χ4v) is 9.36. The summed E-state index contributed by atoms with van der Waals surface area (Å²) < 4.78 is 30.7. The molecular weight excluding hydrogens is 420 g/mol. The van der Waals surface area contributed by atoms with Crippen LogP contribution in [0.2, 0.25) is 0 Å². The van der Waals surface area contributed by atoms with Crippen molar-refractivity contribution >= 4 is 5.97 Å². The summed E-state index contributed by atoms with van der Waals surface area (Å²) in [6.45, 7) is 11.3. The Labute approximate surface area is 197 Å². The Hall–Kier alpha value is -0.950. The van der Waals surface area contributed by atoms with Crippen molar-refractivity contribution in [1.82, 2.24) is 0 Å². The first-order valence-corrected chi connectivity index (χ1v) is 13.1. The van der Waals surface area contributed by atoms with Crippen molar-refractivity contribution in [3.63, 3.8) is 0 Å². The number of carbonyl (C=O) groups is 1. The predicted molar refractivity (Wildman–Crippen MR) is 121 cm³/mol. The maximum Gasteiger partial charge on any atom is 0.302 e. The topological polar surface area (TPSA) is 63.2 Å². The molecule has 0 aromatic carbocycles. The van der Waals surface area contributed by atoms with Gasteiger partial charge in [0.1, 0.15) is 6.10 Å². The minimum absolute atomic E-state index is 0.0211. The minimum Gasteiger partial charge on any atom is -0.462 e. The zero-order valence-corrected chi connectivity index (χ0v) is 20.7. The van der Waals surface area contributed by atoms with E-state index in [2.05, 4.69) is 26.8 Å². The van der Waals surface area contributed by atoms with Crippen molar-refractivity contribution < 1.29 is 28.5 Å². The summed E-state index contributed by atoms with van der Waals surface area (Å²) in [5.41, 5.74) is 1.52. The number of ether oxygens (including phenoxy) is 5. The number of esters is 1. The van der Waals surface area contributed by atoms with Crippen LogP contribution >= 0.6 is 0 Å². The van der Waals surface area contributed by atoms with Gasteiger partial charge >= 0.3 is 5.97 Å². The Morgan fingerprint density at radius 1 is 1.00 bits per heavy atom. The number of fused-ring (bicyclic) bond motifs is 5. The molecule has 0 N–H and O–H groups in total. The molecular formula is C27H40O6. The SMILES string of the molecule is CC(=O)O[C@H]1C[C@]2(C)[C@@H](C3(C)OCCO3)CC[C@H]2[C@@H]2CC=C3CC4(CC[C@]3(C)[C@H]21)OCCO4. The van der Waals surface area contributed by atoms with Gasteiger partial charge in [-0.25, -0.2) is 0 Å². The molecule has 6 aliphatic rings. The van der Waals surface area contributed by atoms with Gasteiger partial charge in [0.05, 0.1) is 26.4 Å². The predicted octanol–water partition coefficient (Wildman–Crippen LogP) is 4.61. The molecule has 0 unspecified atom stereocenters. The van der Waals surface area contributed by atoms with E-state index in [0.29, 0.717) is 50.1 Å². The normalized spacial score (nSPS) is 47.5. The third kappa shape index (κ3) is 3.23. The van der Waals surface area contributed by atoms with Crippen LogP contribution in [-0.2, 0) is 28.5 Å². The van der Waals surface area contributed by atoms with Gasteiger partial charge < -0.3 is 23.7 Å². The maximum atomic E-state index is 12.3. The van der Waals surface area contributed by atoms with Gasteiger partial charge in [0.25, 0.3) is 0 Å². The molecule has 4 aliphatic carbocycles. The third-order valence-electron chi connectivity index (χ3n) is 10.6. The second-order valence-corrected chi connectivity index (χ2v) is 12.2. The van der Waals surface area contributed by atoms with Crippen LogP contribution in [-0.4, -0.2) is 50.1 Å². The lowest BCUT2D eigenvalue weighted by Crippen LogP contribution is -2.59. The fourth-order valence-electron chi connectivity index (χ4n) is 9.36. The molecule has 2 heterocycles. The summed E-state index contributed by atoms with van der Waals surface area (Å²) in [5.74, 6) is 0.655. The van der Waals surface area contributed by atoms with Crippen LogP contribution in [0, 0.1) is 34.5 Å². The van der Waals surface area contributed by atoms with E-state index >= 15 is 0 Å². The molecule has 1 spiro atoms. The molecule has 6 nitrogen and oxygen atoms in total. The first kappa shape index (κ1) is 22.5. The van der Waals surface area contributed by atoms with Gasteiger partial charge in [-0.2, -0.15) is 0 Å². The Morgan fingerprint density at radius 3 is 2.39 bits per heavy atom. The molecule has 0 aromatic rings. The standard InChI is InChI=1S/C27H40O6/c1-17(28)33-21-16-25(3)20(7-8-22(25)26(4)29-11-12-30-26)19-6-5-18-15-27(31-13-14-32-27)10-9-24(18,2)23(19)21/h5,19-23H,6-16H2,1-4H3/t19-,20-,21-,22-,23+,24-,25-/m0/s1. The van der Waals surface area contributed by atoms with Crippen LogP contribution < -0.4 is 0 Å². The molecule has 7 atom stereocenters. The Kier molecular flexibility index (Phi) is 5.13. The summed E-state index contributed by atoms with van der Waals surface area (Å²) in [6.07, 6.45) is 9.48. The van der Waals surface area contributed by atoms with Crippen molar-refractivity contribution in [2.45, 2.75) is 90.3 Å². The van der Waals surface area contributed by atoms with Crippen LogP contribution in [0.25, 0.3) is 0 Å². The zero-order chi connectivity index (χ0) is 23.1. The maximum absolute atomic E-state index is 12.3. The second kappa shape index (κ2) is 7.52. The molecule has 0 radical (unpaired) electrons. The summed E-state index contributed by atoms with van der Waals surface area (Å²) >= 11 is 0. The summed E-state index contributed by atoms with van der Waals surface area (Å²) in [7, 11) is 0. The van der Waals surface area contributed by atoms with E-state index < -0.39 is 11.6 Å². The van der Waals surface area contributed by atoms with Gasteiger partial charge in [-0.1, -0.05) is 25.5 Å². The van der Waals surface area contributed by atoms with Crippen LogP contribution in [0.3, 0.4) is 0 Å². The van der Waals surface area contributed by atoms with Crippen molar-refractivity contribution in [2.75, 3.05) is 26.4 Å². The van der Waals surface area contributed by atoms with Crippen molar-refractivity contribution in [3.05, 3.63) is 11.6 Å². The molecule has 184 valence electrons. The Morgan fingerprint density at radius 2 is 1.70 bits per heavy atom. The largest absolute Gasteiger partial charge is 0.462 e. The average Bonchev–Trinajstić information content (AvgIpc) is 3.47. The zero-order valence-electron chi connectivity index (χ0n) is 20.7. The molecule has 33 heavy (non-hydrogen) atoms. The van der Waals surface area contributed by atoms with E-state index in [1.165, 1.54) is 12.0 Å². The highest BCUT2D eigenvalue weighted by atomic mass is 16.7. The van der Waals surface area contributed by atoms with Crippen LogP contribution in [0.5, 0.6) is 0 Å². The third-order valence-corrected chi connectivity index (χ3v) is 10.6. The highest BCUT2D eigenvalue weighted by Crippen LogP contribution is 2.69. The van der Waals surface area contributed by atoms with Gasteiger partial charge in [0, 0.05) is 31.6 Å². The Bertz CT molecular complexity index is 840. The van der Waals surface area contributed by atoms with Crippen LogP contribution in [0.1, 0.15) is 72.6 Å². The number of carbonyl (C=O) groups excluding carboxylic acids is 1. The second-order valence-electron chi connectivity index (χ2n) is 12.2. The number of hydrogen-bond acceptors (Lipinski definition) is 6. The molecule has 0 bridgehead atoms. The van der Waals surface area contributed by atoms with Crippen molar-refractivity contribution in [2.24, 2.45) is 34.5 Å². The first-order chi connectivity index (χ1) is 15.7. The van der Waals surface area contributed by atoms with Crippen LogP contribution in [0.4, 0.5) is 0 Å². The molecule has 6 rings (SSSR count). The molecule has 6 heteroatoms. The molecule has 0 amide bonds. The van der Waals surface area contributed by atoms with E-state index in [4.69, 9.17) is 23.7 Å². The number of allylic oxidation sites excluding steroid dienone is 1.